The molecule has 2 aromatic carbocycles. The molecule has 6 heteroatoms. The molecule has 1 N–H and O–H groups in total. The number of thiazole rings is 1. The molecule has 0 saturated heterocycles. The SMILES string of the molecule is O=C(Nc1nc(-c2cccnc2)cs1)[C@@H](Sc1ccccc1)c1ccccc1. The van der Waals surface area contributed by atoms with Gasteiger partial charge >= 0.3 is 0 Å². The minimum Gasteiger partial charge on any atom is -0.301 e. The van der Waals surface area contributed by atoms with E-state index in [2.05, 4.69) is 15.3 Å². The number of hydrogen-bond acceptors (Lipinski definition) is 5. The van der Waals surface area contributed by atoms with Gasteiger partial charge in [-0.15, -0.1) is 23.1 Å². The maximum absolute atomic E-state index is 13.1. The van der Waals surface area contributed by atoms with Gasteiger partial charge in [0.15, 0.2) is 5.13 Å². The van der Waals surface area contributed by atoms with Gasteiger partial charge in [0.25, 0.3) is 0 Å². The number of anilines is 1. The summed E-state index contributed by atoms with van der Waals surface area (Å²) in [6, 6.07) is 23.6. The summed E-state index contributed by atoms with van der Waals surface area (Å²) in [5, 5.41) is 5.12. The van der Waals surface area contributed by atoms with E-state index in [1.165, 1.54) is 23.1 Å². The van der Waals surface area contributed by atoms with Crippen LogP contribution in [-0.2, 0) is 4.79 Å². The minimum atomic E-state index is -0.366. The fourth-order valence-corrected chi connectivity index (χ4v) is 4.45. The quantitative estimate of drug-likeness (QED) is 0.421. The van der Waals surface area contributed by atoms with Crippen molar-refractivity contribution in [2.45, 2.75) is 10.1 Å². The third kappa shape index (κ3) is 4.47. The molecule has 0 aliphatic rings. The summed E-state index contributed by atoms with van der Waals surface area (Å²) < 4.78 is 0. The predicted octanol–water partition coefficient (Wildman–Crippen LogP) is 5.68. The van der Waals surface area contributed by atoms with Gasteiger partial charge in [-0.25, -0.2) is 4.98 Å². The second-order valence-electron chi connectivity index (χ2n) is 5.99. The topological polar surface area (TPSA) is 54.9 Å². The Morgan fingerprint density at radius 2 is 1.71 bits per heavy atom. The van der Waals surface area contributed by atoms with Gasteiger partial charge < -0.3 is 5.32 Å². The van der Waals surface area contributed by atoms with Crippen molar-refractivity contribution in [3.8, 4) is 11.3 Å². The monoisotopic (exact) mass is 403 g/mol. The van der Waals surface area contributed by atoms with E-state index in [1.807, 2.05) is 78.2 Å². The fraction of sp³-hybridized carbons (Fsp3) is 0.0455. The molecule has 0 aliphatic carbocycles. The second kappa shape index (κ2) is 8.82. The molecular weight excluding hydrogens is 386 g/mol. The van der Waals surface area contributed by atoms with Crippen LogP contribution in [-0.4, -0.2) is 15.9 Å². The Labute approximate surface area is 171 Å². The number of rotatable bonds is 6. The summed E-state index contributed by atoms with van der Waals surface area (Å²) in [4.78, 5) is 22.8. The highest BCUT2D eigenvalue weighted by atomic mass is 32.2. The van der Waals surface area contributed by atoms with Crippen molar-refractivity contribution in [1.29, 1.82) is 0 Å². The number of amides is 1. The Hall–Kier alpha value is -2.96. The number of nitrogens with zero attached hydrogens (tertiary/aromatic N) is 2. The Morgan fingerprint density at radius 3 is 2.43 bits per heavy atom. The number of hydrogen-bond donors (Lipinski definition) is 1. The Kier molecular flexibility index (Phi) is 5.80. The summed E-state index contributed by atoms with van der Waals surface area (Å²) in [5.74, 6) is -0.0906. The van der Waals surface area contributed by atoms with E-state index in [9.17, 15) is 4.79 Å². The van der Waals surface area contributed by atoms with Crippen LogP contribution in [0, 0.1) is 0 Å². The maximum atomic E-state index is 13.1. The number of carbonyl (C=O) groups excluding carboxylic acids is 1. The van der Waals surface area contributed by atoms with E-state index in [4.69, 9.17) is 0 Å². The summed E-state index contributed by atoms with van der Waals surface area (Å²) in [7, 11) is 0. The summed E-state index contributed by atoms with van der Waals surface area (Å²) in [6.45, 7) is 0. The summed E-state index contributed by atoms with van der Waals surface area (Å²) in [5.41, 5.74) is 2.69. The van der Waals surface area contributed by atoms with Crippen molar-refractivity contribution in [2.75, 3.05) is 5.32 Å². The minimum absolute atomic E-state index is 0.0906. The lowest BCUT2D eigenvalue weighted by Gasteiger charge is -2.16. The van der Waals surface area contributed by atoms with Crippen molar-refractivity contribution in [3.63, 3.8) is 0 Å². The smallest absolute Gasteiger partial charge is 0.244 e. The molecule has 1 amide bonds. The van der Waals surface area contributed by atoms with Crippen molar-refractivity contribution < 1.29 is 4.79 Å². The predicted molar refractivity (Wildman–Crippen MR) is 115 cm³/mol. The second-order valence-corrected chi connectivity index (χ2v) is 8.03. The molecule has 0 spiro atoms. The third-order valence-corrected chi connectivity index (χ3v) is 6.05. The van der Waals surface area contributed by atoms with Crippen molar-refractivity contribution in [3.05, 3.63) is 96.1 Å². The summed E-state index contributed by atoms with van der Waals surface area (Å²) >= 11 is 2.94. The first-order valence-corrected chi connectivity index (χ1v) is 10.5. The van der Waals surface area contributed by atoms with Gasteiger partial charge in [-0.2, -0.15) is 0 Å². The van der Waals surface area contributed by atoms with Crippen LogP contribution in [0.1, 0.15) is 10.8 Å². The zero-order valence-corrected chi connectivity index (χ0v) is 16.5. The molecule has 2 heterocycles. The number of pyridine rings is 1. The maximum Gasteiger partial charge on any atom is 0.244 e. The van der Waals surface area contributed by atoms with Crippen molar-refractivity contribution >= 4 is 34.1 Å². The lowest BCUT2D eigenvalue weighted by atomic mass is 10.1. The van der Waals surface area contributed by atoms with Crippen LogP contribution in [0.2, 0.25) is 0 Å². The Balaban J connectivity index is 1.55. The molecule has 1 atom stereocenters. The van der Waals surface area contributed by atoms with Crippen LogP contribution >= 0.6 is 23.1 Å². The summed E-state index contributed by atoms with van der Waals surface area (Å²) in [6.07, 6.45) is 3.49. The Bertz CT molecular complexity index is 1040. The lowest BCUT2D eigenvalue weighted by Crippen LogP contribution is -2.18. The zero-order chi connectivity index (χ0) is 19.2. The molecule has 4 rings (SSSR count). The third-order valence-electron chi connectivity index (χ3n) is 4.03. The molecule has 4 nitrogen and oxygen atoms in total. The van der Waals surface area contributed by atoms with Gasteiger partial charge in [-0.1, -0.05) is 48.5 Å². The molecule has 0 radical (unpaired) electrons. The molecule has 138 valence electrons. The van der Waals surface area contributed by atoms with E-state index < -0.39 is 0 Å². The van der Waals surface area contributed by atoms with Gasteiger partial charge in [0.05, 0.1) is 5.69 Å². The van der Waals surface area contributed by atoms with E-state index in [0.717, 1.165) is 21.7 Å². The van der Waals surface area contributed by atoms with Crippen molar-refractivity contribution in [2.24, 2.45) is 0 Å². The van der Waals surface area contributed by atoms with E-state index in [-0.39, 0.29) is 11.2 Å². The molecule has 4 aromatic rings. The highest BCUT2D eigenvalue weighted by molar-refractivity contribution is 8.00. The Morgan fingerprint density at radius 1 is 0.964 bits per heavy atom. The van der Waals surface area contributed by atoms with Crippen LogP contribution < -0.4 is 5.32 Å². The van der Waals surface area contributed by atoms with Crippen LogP contribution in [0.4, 0.5) is 5.13 Å². The van der Waals surface area contributed by atoms with Gasteiger partial charge in [-0.05, 0) is 29.8 Å². The lowest BCUT2D eigenvalue weighted by molar-refractivity contribution is -0.115. The molecule has 28 heavy (non-hydrogen) atoms. The largest absolute Gasteiger partial charge is 0.301 e. The number of thioether (sulfide) groups is 1. The molecule has 0 unspecified atom stereocenters. The number of benzene rings is 2. The molecule has 0 aliphatic heterocycles. The van der Waals surface area contributed by atoms with Gasteiger partial charge in [0, 0.05) is 28.2 Å². The first-order valence-electron chi connectivity index (χ1n) is 8.73. The van der Waals surface area contributed by atoms with Gasteiger partial charge in [-0.3, -0.25) is 9.78 Å². The van der Waals surface area contributed by atoms with Crippen LogP contribution in [0.15, 0.2) is 95.5 Å². The number of nitrogens with one attached hydrogen (secondary N) is 1. The van der Waals surface area contributed by atoms with Gasteiger partial charge in [0.1, 0.15) is 5.25 Å². The molecular formula is C22H17N3OS2. The van der Waals surface area contributed by atoms with Crippen LogP contribution in [0.3, 0.4) is 0 Å². The highest BCUT2D eigenvalue weighted by Crippen LogP contribution is 2.36. The number of aromatic nitrogens is 2. The standard InChI is InChI=1S/C22H17N3OS2/c26-21(25-22-24-19(15-27-22)17-10-7-13-23-14-17)20(16-8-3-1-4-9-16)28-18-11-5-2-6-12-18/h1-15,20H,(H,24,25,26)/t20-/m0/s1. The van der Waals surface area contributed by atoms with E-state index >= 15 is 0 Å². The van der Waals surface area contributed by atoms with Crippen LogP contribution in [0.25, 0.3) is 11.3 Å². The van der Waals surface area contributed by atoms with E-state index in [1.54, 1.807) is 12.4 Å². The van der Waals surface area contributed by atoms with Crippen molar-refractivity contribution in [1.82, 2.24) is 9.97 Å². The first-order chi connectivity index (χ1) is 13.8. The molecule has 0 fully saturated rings. The molecule has 0 saturated carbocycles. The van der Waals surface area contributed by atoms with Gasteiger partial charge in [0.2, 0.25) is 5.91 Å². The average Bonchev–Trinajstić information content (AvgIpc) is 3.22. The normalized spacial score (nSPS) is 11.7. The highest BCUT2D eigenvalue weighted by Gasteiger charge is 2.23. The molecule has 0 bridgehead atoms. The zero-order valence-electron chi connectivity index (χ0n) is 14.9. The fourth-order valence-electron chi connectivity index (χ4n) is 2.68. The number of carbonyl (C=O) groups is 1. The average molecular weight is 404 g/mol. The first kappa shape index (κ1) is 18.4. The van der Waals surface area contributed by atoms with E-state index in [0.29, 0.717) is 5.13 Å². The van der Waals surface area contributed by atoms with Crippen LogP contribution in [0.5, 0.6) is 0 Å². The molecule has 2 aromatic heterocycles.